The molecule has 1 amide bonds. The molecule has 0 radical (unpaired) electrons. The van der Waals surface area contributed by atoms with Crippen molar-refractivity contribution in [2.24, 2.45) is 0 Å². The van der Waals surface area contributed by atoms with E-state index in [0.29, 0.717) is 18.6 Å². The molecule has 1 atom stereocenters. The van der Waals surface area contributed by atoms with Crippen LogP contribution in [0.1, 0.15) is 44.3 Å². The molecule has 0 unspecified atom stereocenters. The molecule has 2 aliphatic rings. The van der Waals surface area contributed by atoms with Crippen LogP contribution in [0.2, 0.25) is 0 Å². The number of pyridine rings is 1. The average Bonchev–Trinajstić information content (AvgIpc) is 3.29. The highest BCUT2D eigenvalue weighted by Gasteiger charge is 2.35. The van der Waals surface area contributed by atoms with Crippen molar-refractivity contribution in [2.75, 3.05) is 6.54 Å². The van der Waals surface area contributed by atoms with Gasteiger partial charge in [0.25, 0.3) is 0 Å². The van der Waals surface area contributed by atoms with Crippen molar-refractivity contribution < 1.29 is 4.79 Å². The van der Waals surface area contributed by atoms with E-state index in [2.05, 4.69) is 22.1 Å². The normalized spacial score (nSPS) is 20.3. The van der Waals surface area contributed by atoms with E-state index in [1.54, 1.807) is 0 Å². The Balaban J connectivity index is 1.64. The molecular formula is C15H21N3O. The van der Waals surface area contributed by atoms with E-state index in [0.717, 1.165) is 18.5 Å². The maximum Gasteiger partial charge on any atom is 0.234 e. The van der Waals surface area contributed by atoms with Crippen LogP contribution in [-0.4, -0.2) is 34.4 Å². The Morgan fingerprint density at radius 2 is 2.21 bits per heavy atom. The lowest BCUT2D eigenvalue weighted by Gasteiger charge is -2.28. The second kappa shape index (κ2) is 5.29. The summed E-state index contributed by atoms with van der Waals surface area (Å²) in [6, 6.07) is 7.18. The first-order valence-corrected chi connectivity index (χ1v) is 7.20. The van der Waals surface area contributed by atoms with Crippen LogP contribution in [0.3, 0.4) is 0 Å². The number of nitrogens with one attached hydrogen (secondary N) is 1. The Labute approximate surface area is 114 Å². The molecule has 0 spiro atoms. The minimum atomic E-state index is 0.164. The predicted molar refractivity (Wildman–Crippen MR) is 73.5 cm³/mol. The van der Waals surface area contributed by atoms with Gasteiger partial charge >= 0.3 is 0 Å². The molecule has 0 bridgehead atoms. The second-order valence-electron chi connectivity index (χ2n) is 5.68. The summed E-state index contributed by atoms with van der Waals surface area (Å²) in [6.07, 6.45) is 6.51. The fourth-order valence-corrected chi connectivity index (χ4v) is 2.45. The van der Waals surface area contributed by atoms with Gasteiger partial charge in [-0.15, -0.1) is 0 Å². The summed E-state index contributed by atoms with van der Waals surface area (Å²) in [7, 11) is 0. The van der Waals surface area contributed by atoms with Gasteiger partial charge in [-0.25, -0.2) is 0 Å². The van der Waals surface area contributed by atoms with E-state index >= 15 is 0 Å². The molecule has 4 nitrogen and oxygen atoms in total. The maximum absolute atomic E-state index is 12.0. The van der Waals surface area contributed by atoms with E-state index < -0.39 is 0 Å². The molecule has 102 valence electrons. The summed E-state index contributed by atoms with van der Waals surface area (Å²) >= 11 is 0. The lowest BCUT2D eigenvalue weighted by molar-refractivity contribution is -0.123. The molecule has 19 heavy (non-hydrogen) atoms. The summed E-state index contributed by atoms with van der Waals surface area (Å²) < 4.78 is 0. The standard InChI is InChI=1S/C15H21N3O/c1-11(14-4-2-3-9-16-14)18(13-7-8-13)10-15(19)17-12-5-6-12/h2-4,9,11-13H,5-8,10H2,1H3,(H,17,19)/t11-/m1/s1. The van der Waals surface area contributed by atoms with E-state index in [4.69, 9.17) is 0 Å². The molecule has 2 aliphatic carbocycles. The maximum atomic E-state index is 12.0. The molecular weight excluding hydrogens is 238 g/mol. The Morgan fingerprint density at radius 1 is 1.42 bits per heavy atom. The van der Waals surface area contributed by atoms with Crippen molar-refractivity contribution in [3.63, 3.8) is 0 Å². The van der Waals surface area contributed by atoms with Crippen LogP contribution in [-0.2, 0) is 4.79 Å². The number of amides is 1. The lowest BCUT2D eigenvalue weighted by Crippen LogP contribution is -2.40. The Morgan fingerprint density at radius 3 is 2.79 bits per heavy atom. The zero-order chi connectivity index (χ0) is 13.2. The van der Waals surface area contributed by atoms with Crippen LogP contribution < -0.4 is 5.32 Å². The van der Waals surface area contributed by atoms with Crippen LogP contribution in [0.4, 0.5) is 0 Å². The number of carbonyl (C=O) groups excluding carboxylic acids is 1. The molecule has 0 saturated heterocycles. The molecule has 4 heteroatoms. The molecule has 2 saturated carbocycles. The van der Waals surface area contributed by atoms with E-state index in [-0.39, 0.29) is 11.9 Å². The number of carbonyl (C=O) groups is 1. The number of nitrogens with zero attached hydrogens (tertiary/aromatic N) is 2. The number of aromatic nitrogens is 1. The quantitative estimate of drug-likeness (QED) is 0.848. The van der Waals surface area contributed by atoms with Crippen molar-refractivity contribution in [2.45, 2.75) is 50.7 Å². The van der Waals surface area contributed by atoms with E-state index in [1.807, 2.05) is 24.4 Å². The first-order chi connectivity index (χ1) is 9.24. The Bertz CT molecular complexity index is 440. The summed E-state index contributed by atoms with van der Waals surface area (Å²) in [6.45, 7) is 2.64. The zero-order valence-corrected chi connectivity index (χ0v) is 11.4. The predicted octanol–water partition coefficient (Wildman–Crippen LogP) is 1.89. The molecule has 1 aromatic rings. The smallest absolute Gasteiger partial charge is 0.234 e. The van der Waals surface area contributed by atoms with Gasteiger partial charge in [0.2, 0.25) is 5.91 Å². The van der Waals surface area contributed by atoms with Crippen LogP contribution in [0.5, 0.6) is 0 Å². The van der Waals surface area contributed by atoms with Gasteiger partial charge in [-0.05, 0) is 44.7 Å². The third kappa shape index (κ3) is 3.32. The third-order valence-corrected chi connectivity index (χ3v) is 3.90. The topological polar surface area (TPSA) is 45.2 Å². The van der Waals surface area contributed by atoms with Gasteiger partial charge in [0.05, 0.1) is 18.3 Å². The molecule has 1 N–H and O–H groups in total. The highest BCUT2D eigenvalue weighted by atomic mass is 16.2. The summed E-state index contributed by atoms with van der Waals surface area (Å²) in [5.74, 6) is 0.164. The van der Waals surface area contributed by atoms with Gasteiger partial charge in [0.15, 0.2) is 0 Å². The lowest BCUT2D eigenvalue weighted by atomic mass is 10.1. The Kier molecular flexibility index (Phi) is 3.51. The summed E-state index contributed by atoms with van der Waals surface area (Å²) in [4.78, 5) is 18.7. The van der Waals surface area contributed by atoms with Crippen LogP contribution in [0.15, 0.2) is 24.4 Å². The number of rotatable bonds is 6. The number of hydrogen-bond acceptors (Lipinski definition) is 3. The Hall–Kier alpha value is -1.42. The van der Waals surface area contributed by atoms with Crippen LogP contribution in [0.25, 0.3) is 0 Å². The summed E-state index contributed by atoms with van der Waals surface area (Å²) in [5, 5.41) is 3.07. The fourth-order valence-electron chi connectivity index (χ4n) is 2.45. The second-order valence-corrected chi connectivity index (χ2v) is 5.68. The molecule has 0 aromatic carbocycles. The summed E-state index contributed by atoms with van der Waals surface area (Å²) in [5.41, 5.74) is 1.05. The first kappa shape index (κ1) is 12.6. The minimum Gasteiger partial charge on any atom is -0.352 e. The van der Waals surface area contributed by atoms with Gasteiger partial charge in [0, 0.05) is 18.3 Å². The highest BCUT2D eigenvalue weighted by Crippen LogP contribution is 2.33. The molecule has 1 heterocycles. The SMILES string of the molecule is C[C@H](c1ccccn1)N(CC(=O)NC1CC1)C1CC1. The van der Waals surface area contributed by atoms with Crippen LogP contribution >= 0.6 is 0 Å². The monoisotopic (exact) mass is 259 g/mol. The van der Waals surface area contributed by atoms with Gasteiger partial charge in [-0.2, -0.15) is 0 Å². The minimum absolute atomic E-state index is 0.164. The largest absolute Gasteiger partial charge is 0.352 e. The van der Waals surface area contributed by atoms with Crippen molar-refractivity contribution in [3.8, 4) is 0 Å². The first-order valence-electron chi connectivity index (χ1n) is 7.20. The zero-order valence-electron chi connectivity index (χ0n) is 11.4. The van der Waals surface area contributed by atoms with Crippen molar-refractivity contribution in [1.29, 1.82) is 0 Å². The van der Waals surface area contributed by atoms with E-state index in [9.17, 15) is 4.79 Å². The average molecular weight is 259 g/mol. The molecule has 2 fully saturated rings. The van der Waals surface area contributed by atoms with Crippen molar-refractivity contribution in [3.05, 3.63) is 30.1 Å². The number of hydrogen-bond donors (Lipinski definition) is 1. The highest BCUT2D eigenvalue weighted by molar-refractivity contribution is 5.78. The van der Waals surface area contributed by atoms with Gasteiger partial charge in [-0.3, -0.25) is 14.7 Å². The molecule has 3 rings (SSSR count). The molecule has 0 aliphatic heterocycles. The van der Waals surface area contributed by atoms with Crippen molar-refractivity contribution >= 4 is 5.91 Å². The third-order valence-electron chi connectivity index (χ3n) is 3.90. The van der Waals surface area contributed by atoms with Gasteiger partial charge in [0.1, 0.15) is 0 Å². The molecule has 1 aromatic heterocycles. The fraction of sp³-hybridized carbons (Fsp3) is 0.600. The van der Waals surface area contributed by atoms with Crippen molar-refractivity contribution in [1.82, 2.24) is 15.2 Å². The van der Waals surface area contributed by atoms with Gasteiger partial charge in [-0.1, -0.05) is 6.07 Å². The van der Waals surface area contributed by atoms with Crippen LogP contribution in [0, 0.1) is 0 Å². The van der Waals surface area contributed by atoms with Gasteiger partial charge < -0.3 is 5.32 Å². The van der Waals surface area contributed by atoms with E-state index in [1.165, 1.54) is 12.8 Å².